The molecule has 1 fully saturated rings. The predicted molar refractivity (Wildman–Crippen MR) is 114 cm³/mol. The van der Waals surface area contributed by atoms with Crippen molar-refractivity contribution in [3.8, 4) is 0 Å². The molecule has 3 aromatic rings. The topological polar surface area (TPSA) is 49.4 Å². The highest BCUT2D eigenvalue weighted by molar-refractivity contribution is 7.99. The number of amides is 2. The zero-order valence-corrected chi connectivity index (χ0v) is 16.5. The largest absolute Gasteiger partial charge is 0.348 e. The van der Waals surface area contributed by atoms with Gasteiger partial charge < -0.3 is 10.2 Å². The minimum absolute atomic E-state index is 0.0939. The first-order valence-corrected chi connectivity index (χ1v) is 10.5. The molecule has 2 unspecified atom stereocenters. The highest BCUT2D eigenvalue weighted by Crippen LogP contribution is 2.26. The van der Waals surface area contributed by atoms with Gasteiger partial charge in [-0.05, 0) is 35.4 Å². The summed E-state index contributed by atoms with van der Waals surface area (Å²) in [5.74, 6) is 0.958. The van der Waals surface area contributed by atoms with Crippen LogP contribution in [-0.4, -0.2) is 34.4 Å². The molecule has 1 heterocycles. The Bertz CT molecular complexity index is 1000. The minimum atomic E-state index is -0.449. The summed E-state index contributed by atoms with van der Waals surface area (Å²) in [6, 6.07) is 22.8. The number of carbonyl (C=O) groups excluding carboxylic acids is 2. The van der Waals surface area contributed by atoms with Gasteiger partial charge in [-0.2, -0.15) is 0 Å². The number of nitrogens with zero attached hydrogens (tertiary/aromatic N) is 1. The Labute approximate surface area is 168 Å². The fraction of sp³-hybridized carbons (Fsp3) is 0.217. The Hall–Kier alpha value is -2.79. The molecule has 0 spiro atoms. The molecule has 4 rings (SSSR count). The molecular weight excluding hydrogens is 368 g/mol. The number of thioether (sulfide) groups is 1. The fourth-order valence-corrected chi connectivity index (χ4v) is 4.78. The molecule has 0 radical (unpaired) electrons. The fourth-order valence-electron chi connectivity index (χ4n) is 3.62. The zero-order chi connectivity index (χ0) is 19.5. The lowest BCUT2D eigenvalue weighted by Gasteiger charge is -2.25. The summed E-state index contributed by atoms with van der Waals surface area (Å²) in [4.78, 5) is 27.5. The number of nitrogens with one attached hydrogen (secondary N) is 1. The van der Waals surface area contributed by atoms with Gasteiger partial charge in [0.2, 0.25) is 5.91 Å². The summed E-state index contributed by atoms with van der Waals surface area (Å²) in [7, 11) is 0. The molecule has 2 atom stereocenters. The number of fused-ring (bicyclic) bond motifs is 1. The van der Waals surface area contributed by atoms with Crippen LogP contribution in [0.3, 0.4) is 0 Å². The van der Waals surface area contributed by atoms with Gasteiger partial charge in [0, 0.05) is 11.3 Å². The van der Waals surface area contributed by atoms with Gasteiger partial charge in [0.25, 0.3) is 5.91 Å². The van der Waals surface area contributed by atoms with E-state index in [2.05, 4.69) is 23.5 Å². The molecule has 28 heavy (non-hydrogen) atoms. The van der Waals surface area contributed by atoms with Crippen LogP contribution in [-0.2, 0) is 4.79 Å². The molecule has 2 amide bonds. The lowest BCUT2D eigenvalue weighted by Crippen LogP contribution is -2.47. The Morgan fingerprint density at radius 1 is 1.00 bits per heavy atom. The number of hydrogen-bond donors (Lipinski definition) is 1. The van der Waals surface area contributed by atoms with Gasteiger partial charge in [0.05, 0.1) is 11.9 Å². The second-order valence-corrected chi connectivity index (χ2v) is 7.96. The molecule has 4 nitrogen and oxygen atoms in total. The Morgan fingerprint density at radius 2 is 1.71 bits per heavy atom. The monoisotopic (exact) mass is 390 g/mol. The molecule has 0 aromatic heterocycles. The highest BCUT2D eigenvalue weighted by atomic mass is 32.2. The molecule has 3 aromatic carbocycles. The van der Waals surface area contributed by atoms with E-state index in [9.17, 15) is 9.59 Å². The van der Waals surface area contributed by atoms with Crippen molar-refractivity contribution in [3.05, 3.63) is 83.9 Å². The van der Waals surface area contributed by atoms with Gasteiger partial charge in [0.1, 0.15) is 6.04 Å². The summed E-state index contributed by atoms with van der Waals surface area (Å²) in [5.41, 5.74) is 1.70. The third kappa shape index (κ3) is 3.62. The summed E-state index contributed by atoms with van der Waals surface area (Å²) in [6.07, 6.45) is 0. The van der Waals surface area contributed by atoms with Crippen molar-refractivity contribution in [3.63, 3.8) is 0 Å². The lowest BCUT2D eigenvalue weighted by molar-refractivity contribution is -0.125. The molecule has 142 valence electrons. The van der Waals surface area contributed by atoms with E-state index in [-0.39, 0.29) is 17.9 Å². The summed E-state index contributed by atoms with van der Waals surface area (Å²) < 4.78 is 0. The quantitative estimate of drug-likeness (QED) is 0.725. The first-order chi connectivity index (χ1) is 13.6. The average Bonchev–Trinajstić information content (AvgIpc) is 3.23. The van der Waals surface area contributed by atoms with Gasteiger partial charge >= 0.3 is 0 Å². The van der Waals surface area contributed by atoms with Crippen molar-refractivity contribution in [1.82, 2.24) is 10.2 Å². The minimum Gasteiger partial charge on any atom is -0.348 e. The van der Waals surface area contributed by atoms with Crippen molar-refractivity contribution >= 4 is 34.3 Å². The van der Waals surface area contributed by atoms with Crippen LogP contribution in [0, 0.1) is 0 Å². The second-order valence-electron chi connectivity index (χ2n) is 6.96. The molecule has 1 aliphatic rings. The highest BCUT2D eigenvalue weighted by Gasteiger charge is 2.35. The van der Waals surface area contributed by atoms with E-state index >= 15 is 0 Å². The van der Waals surface area contributed by atoms with Crippen molar-refractivity contribution in [2.45, 2.75) is 19.0 Å². The van der Waals surface area contributed by atoms with Crippen LogP contribution in [0.4, 0.5) is 0 Å². The summed E-state index contributed by atoms with van der Waals surface area (Å²) >= 11 is 1.61. The van der Waals surface area contributed by atoms with Gasteiger partial charge in [-0.15, -0.1) is 11.8 Å². The number of carbonyl (C=O) groups is 2. The van der Waals surface area contributed by atoms with Crippen LogP contribution < -0.4 is 5.32 Å². The smallest absolute Gasteiger partial charge is 0.255 e. The molecule has 1 aliphatic heterocycles. The first-order valence-electron chi connectivity index (χ1n) is 9.37. The summed E-state index contributed by atoms with van der Waals surface area (Å²) in [5, 5.41) is 5.41. The molecular formula is C23H22N2O2S. The molecule has 0 saturated carbocycles. The molecule has 0 aliphatic carbocycles. The van der Waals surface area contributed by atoms with Gasteiger partial charge in [-0.25, -0.2) is 0 Å². The van der Waals surface area contributed by atoms with Gasteiger partial charge in [-0.3, -0.25) is 9.59 Å². The molecule has 0 bridgehead atoms. The number of benzene rings is 3. The Kier molecular flexibility index (Phi) is 5.35. The number of hydrogen-bond acceptors (Lipinski definition) is 3. The molecule has 1 saturated heterocycles. The van der Waals surface area contributed by atoms with Crippen LogP contribution in [0.15, 0.2) is 72.8 Å². The lowest BCUT2D eigenvalue weighted by atomic mass is 9.99. The van der Waals surface area contributed by atoms with Crippen molar-refractivity contribution in [2.75, 3.05) is 11.6 Å². The maximum Gasteiger partial charge on any atom is 0.255 e. The van der Waals surface area contributed by atoms with Crippen molar-refractivity contribution in [2.24, 2.45) is 0 Å². The SMILES string of the molecule is CC(NC(=O)C1CSCN1C(=O)c1ccccc1)c1cccc2ccccc12. The zero-order valence-electron chi connectivity index (χ0n) is 15.7. The second kappa shape index (κ2) is 8.07. The van der Waals surface area contributed by atoms with E-state index in [1.165, 1.54) is 0 Å². The van der Waals surface area contributed by atoms with Crippen LogP contribution in [0.1, 0.15) is 28.9 Å². The van der Waals surface area contributed by atoms with E-state index in [1.807, 2.05) is 49.4 Å². The normalized spacial score (nSPS) is 17.5. The standard InChI is InChI=1S/C23H22N2O2S/c1-16(19-13-7-11-17-8-5-6-12-20(17)19)24-22(26)21-14-28-15-25(21)23(27)18-9-3-2-4-10-18/h2-13,16,21H,14-15H2,1H3,(H,24,26). The van der Waals surface area contributed by atoms with Gasteiger partial charge in [0.15, 0.2) is 0 Å². The Morgan fingerprint density at radius 3 is 2.54 bits per heavy atom. The van der Waals surface area contributed by atoms with Crippen LogP contribution in [0.25, 0.3) is 10.8 Å². The summed E-state index contributed by atoms with van der Waals surface area (Å²) in [6.45, 7) is 1.99. The average molecular weight is 391 g/mol. The maximum absolute atomic E-state index is 13.0. The van der Waals surface area contributed by atoms with E-state index < -0.39 is 6.04 Å². The molecule has 5 heteroatoms. The van der Waals surface area contributed by atoms with E-state index in [4.69, 9.17) is 0 Å². The Balaban J connectivity index is 1.51. The predicted octanol–water partition coefficient (Wildman–Crippen LogP) is 4.23. The van der Waals surface area contributed by atoms with Gasteiger partial charge in [-0.1, -0.05) is 60.7 Å². The maximum atomic E-state index is 13.0. The molecule has 1 N–H and O–H groups in total. The van der Waals surface area contributed by atoms with Crippen molar-refractivity contribution < 1.29 is 9.59 Å². The van der Waals surface area contributed by atoms with E-state index in [1.54, 1.807) is 28.8 Å². The van der Waals surface area contributed by atoms with Crippen LogP contribution >= 0.6 is 11.8 Å². The van der Waals surface area contributed by atoms with Crippen LogP contribution in [0.5, 0.6) is 0 Å². The number of rotatable bonds is 4. The third-order valence-electron chi connectivity index (χ3n) is 5.12. The van der Waals surface area contributed by atoms with E-state index in [0.717, 1.165) is 16.3 Å². The van der Waals surface area contributed by atoms with E-state index in [0.29, 0.717) is 17.2 Å². The van der Waals surface area contributed by atoms with Crippen LogP contribution in [0.2, 0.25) is 0 Å². The van der Waals surface area contributed by atoms with Crippen molar-refractivity contribution in [1.29, 1.82) is 0 Å². The first kappa shape index (κ1) is 18.6. The third-order valence-corrected chi connectivity index (χ3v) is 6.13.